The molecule has 138 valence electrons. The predicted molar refractivity (Wildman–Crippen MR) is 105 cm³/mol. The van der Waals surface area contributed by atoms with Crippen LogP contribution in [0, 0.1) is 11.3 Å². The van der Waals surface area contributed by atoms with Crippen LogP contribution in [0.25, 0.3) is 0 Å². The van der Waals surface area contributed by atoms with Crippen molar-refractivity contribution in [2.45, 2.75) is 38.7 Å². The molecule has 3 aromatic rings. The van der Waals surface area contributed by atoms with E-state index < -0.39 is 0 Å². The molecule has 0 fully saturated rings. The molecular weight excluding hydrogens is 360 g/mol. The largest absolute Gasteiger partial charge is 0.487 e. The quantitative estimate of drug-likeness (QED) is 0.580. The highest BCUT2D eigenvalue weighted by Crippen LogP contribution is 2.34. The Morgan fingerprint density at radius 2 is 2.07 bits per heavy atom. The number of pyridine rings is 1. The molecule has 0 spiro atoms. The van der Waals surface area contributed by atoms with E-state index in [9.17, 15) is 5.26 Å². The monoisotopic (exact) mass is 380 g/mol. The average molecular weight is 381 g/mol. The first-order valence-corrected chi connectivity index (χ1v) is 9.35. The first-order chi connectivity index (χ1) is 13.2. The zero-order chi connectivity index (χ0) is 19.1. The van der Waals surface area contributed by atoms with Crippen LogP contribution in [-0.2, 0) is 6.61 Å². The topological polar surface area (TPSA) is 74.6 Å². The number of aromatic nitrogens is 3. The fraction of sp³-hybridized carbons (Fsp3) is 0.286. The summed E-state index contributed by atoms with van der Waals surface area (Å²) >= 11 is 5.94. The number of hydrogen-bond acceptors (Lipinski definition) is 4. The van der Waals surface area contributed by atoms with Crippen LogP contribution in [0.2, 0.25) is 5.02 Å². The molecule has 0 saturated carbocycles. The number of hydrogen-bond donors (Lipinski definition) is 1. The van der Waals surface area contributed by atoms with Gasteiger partial charge in [-0.05, 0) is 30.2 Å². The zero-order valence-corrected chi connectivity index (χ0v) is 15.9. The fourth-order valence-corrected chi connectivity index (χ4v) is 3.10. The Bertz CT molecular complexity index is 901. The van der Waals surface area contributed by atoms with Gasteiger partial charge in [0.2, 0.25) is 0 Å². The highest BCUT2D eigenvalue weighted by Gasteiger charge is 2.21. The summed E-state index contributed by atoms with van der Waals surface area (Å²) in [5.74, 6) is 1.56. The molecule has 1 aromatic carbocycles. The molecule has 6 heteroatoms. The van der Waals surface area contributed by atoms with Gasteiger partial charge in [-0.3, -0.25) is 0 Å². The van der Waals surface area contributed by atoms with Crippen LogP contribution in [0.1, 0.15) is 54.7 Å². The van der Waals surface area contributed by atoms with Crippen LogP contribution in [0.4, 0.5) is 0 Å². The van der Waals surface area contributed by atoms with Crippen molar-refractivity contribution in [2.24, 2.45) is 0 Å². The molecule has 2 heterocycles. The lowest BCUT2D eigenvalue weighted by Gasteiger charge is -2.19. The van der Waals surface area contributed by atoms with E-state index in [4.69, 9.17) is 16.3 Å². The molecule has 0 saturated heterocycles. The minimum absolute atomic E-state index is 0.0234. The van der Waals surface area contributed by atoms with Crippen molar-refractivity contribution < 1.29 is 4.74 Å². The molecule has 0 bridgehead atoms. The summed E-state index contributed by atoms with van der Waals surface area (Å²) < 4.78 is 6.06. The lowest BCUT2D eigenvalue weighted by atomic mass is 9.92. The number of H-pyrrole nitrogens is 1. The number of aromatic amines is 1. The Morgan fingerprint density at radius 3 is 2.74 bits per heavy atom. The van der Waals surface area contributed by atoms with Crippen LogP contribution in [0.15, 0.2) is 48.9 Å². The van der Waals surface area contributed by atoms with Crippen molar-refractivity contribution in [2.75, 3.05) is 0 Å². The smallest absolute Gasteiger partial charge is 0.142 e. The highest BCUT2D eigenvalue weighted by molar-refractivity contribution is 6.30. The number of nitrogens with zero attached hydrogens (tertiary/aromatic N) is 3. The number of rotatable bonds is 8. The molecular formula is C21H21ClN4O. The van der Waals surface area contributed by atoms with Gasteiger partial charge in [0.05, 0.1) is 6.20 Å². The molecule has 3 rings (SSSR count). The van der Waals surface area contributed by atoms with Gasteiger partial charge in [0, 0.05) is 28.9 Å². The van der Waals surface area contributed by atoms with E-state index in [1.165, 1.54) is 0 Å². The normalized spacial score (nSPS) is 11.7. The maximum absolute atomic E-state index is 9.29. The van der Waals surface area contributed by atoms with Gasteiger partial charge in [0.25, 0.3) is 0 Å². The van der Waals surface area contributed by atoms with Crippen LogP contribution >= 0.6 is 11.6 Å². The predicted octanol–water partition coefficient (Wildman–Crippen LogP) is 5.23. The van der Waals surface area contributed by atoms with Crippen molar-refractivity contribution in [3.63, 3.8) is 0 Å². The van der Waals surface area contributed by atoms with Gasteiger partial charge < -0.3 is 9.72 Å². The third-order valence-electron chi connectivity index (χ3n) is 4.39. The van der Waals surface area contributed by atoms with Crippen molar-refractivity contribution in [1.82, 2.24) is 15.0 Å². The maximum Gasteiger partial charge on any atom is 0.142 e. The summed E-state index contributed by atoms with van der Waals surface area (Å²) in [7, 11) is 0. The van der Waals surface area contributed by atoms with Crippen molar-refractivity contribution in [3.05, 3.63) is 76.6 Å². The SMILES string of the molecule is CCCCC(c1ncc[nH]1)c1cc(C#N)ncc1OCc1ccc(Cl)cc1. The Balaban J connectivity index is 1.91. The molecule has 1 N–H and O–H groups in total. The molecule has 1 atom stereocenters. The second-order valence-corrected chi connectivity index (χ2v) is 6.74. The Labute approximate surface area is 164 Å². The van der Waals surface area contributed by atoms with Crippen molar-refractivity contribution in [1.29, 1.82) is 5.26 Å². The van der Waals surface area contributed by atoms with Crippen molar-refractivity contribution >= 4 is 11.6 Å². The molecule has 2 aromatic heterocycles. The molecule has 1 unspecified atom stereocenters. The minimum Gasteiger partial charge on any atom is -0.487 e. The van der Waals surface area contributed by atoms with Gasteiger partial charge in [0.1, 0.15) is 29.9 Å². The highest BCUT2D eigenvalue weighted by atomic mass is 35.5. The van der Waals surface area contributed by atoms with Crippen LogP contribution in [0.5, 0.6) is 5.75 Å². The number of nitrogens with one attached hydrogen (secondary N) is 1. The second-order valence-electron chi connectivity index (χ2n) is 6.30. The molecule has 0 amide bonds. The zero-order valence-electron chi connectivity index (χ0n) is 15.2. The molecule has 27 heavy (non-hydrogen) atoms. The Kier molecular flexibility index (Phi) is 6.45. The standard InChI is InChI=1S/C21H21ClN4O/c1-2-3-4-18(21-24-9-10-25-21)19-11-17(12-23)26-13-20(19)27-14-15-5-7-16(22)8-6-15/h5-11,13,18H,2-4,14H2,1H3,(H,24,25). The van der Waals surface area contributed by atoms with E-state index in [1.54, 1.807) is 18.5 Å². The molecule has 5 nitrogen and oxygen atoms in total. The summed E-state index contributed by atoms with van der Waals surface area (Å²) in [6.45, 7) is 2.56. The summed E-state index contributed by atoms with van der Waals surface area (Å²) in [5, 5.41) is 9.98. The van der Waals surface area contributed by atoms with E-state index >= 15 is 0 Å². The molecule has 0 aliphatic heterocycles. The number of nitriles is 1. The van der Waals surface area contributed by atoms with E-state index in [1.807, 2.05) is 30.5 Å². The van der Waals surface area contributed by atoms with Gasteiger partial charge in [-0.2, -0.15) is 5.26 Å². The fourth-order valence-electron chi connectivity index (χ4n) is 2.97. The van der Waals surface area contributed by atoms with Gasteiger partial charge in [-0.1, -0.05) is 43.5 Å². The van der Waals surface area contributed by atoms with Gasteiger partial charge in [-0.15, -0.1) is 0 Å². The van der Waals surface area contributed by atoms with E-state index in [-0.39, 0.29) is 5.92 Å². The molecule has 0 aliphatic rings. The number of ether oxygens (including phenoxy) is 1. The van der Waals surface area contributed by atoms with Crippen LogP contribution in [-0.4, -0.2) is 15.0 Å². The minimum atomic E-state index is 0.0234. The summed E-state index contributed by atoms with van der Waals surface area (Å²) in [4.78, 5) is 11.8. The van der Waals surface area contributed by atoms with Crippen molar-refractivity contribution in [3.8, 4) is 11.8 Å². The summed E-state index contributed by atoms with van der Waals surface area (Å²) in [6.07, 6.45) is 8.23. The lowest BCUT2D eigenvalue weighted by molar-refractivity contribution is 0.299. The third-order valence-corrected chi connectivity index (χ3v) is 4.64. The number of imidazole rings is 1. The molecule has 0 radical (unpaired) electrons. The van der Waals surface area contributed by atoms with E-state index in [0.29, 0.717) is 23.1 Å². The third kappa shape index (κ3) is 4.87. The number of unbranched alkanes of at least 4 members (excludes halogenated alkanes) is 1. The Morgan fingerprint density at radius 1 is 1.26 bits per heavy atom. The average Bonchev–Trinajstić information content (AvgIpc) is 3.23. The summed E-state index contributed by atoms with van der Waals surface area (Å²) in [5.41, 5.74) is 2.31. The Hall–Kier alpha value is -2.84. The summed E-state index contributed by atoms with van der Waals surface area (Å²) in [6, 6.07) is 11.5. The molecule has 0 aliphatic carbocycles. The maximum atomic E-state index is 9.29. The van der Waals surface area contributed by atoms with Gasteiger partial charge in [-0.25, -0.2) is 9.97 Å². The first-order valence-electron chi connectivity index (χ1n) is 8.97. The second kappa shape index (κ2) is 9.20. The van der Waals surface area contributed by atoms with Gasteiger partial charge in [0.15, 0.2) is 0 Å². The number of benzene rings is 1. The van der Waals surface area contributed by atoms with Crippen LogP contribution < -0.4 is 4.74 Å². The van der Waals surface area contributed by atoms with E-state index in [0.717, 1.165) is 36.2 Å². The lowest BCUT2D eigenvalue weighted by Crippen LogP contribution is -2.08. The first kappa shape index (κ1) is 18.9. The number of halogens is 1. The van der Waals surface area contributed by atoms with E-state index in [2.05, 4.69) is 27.9 Å². The van der Waals surface area contributed by atoms with Crippen LogP contribution in [0.3, 0.4) is 0 Å². The van der Waals surface area contributed by atoms with Gasteiger partial charge >= 0.3 is 0 Å².